The lowest BCUT2D eigenvalue weighted by atomic mass is 9.79. The lowest BCUT2D eigenvalue weighted by Gasteiger charge is -2.35. The Hall–Kier alpha value is -5.27. The zero-order valence-electron chi connectivity index (χ0n) is 20.0. The molecule has 4 rings (SSSR count). The second-order valence-corrected chi connectivity index (χ2v) is 8.55. The number of hydrogen-bond donors (Lipinski definition) is 9. The molecule has 1 aliphatic heterocycles. The second kappa shape index (κ2) is 9.89. The highest BCUT2D eigenvalue weighted by Crippen LogP contribution is 2.55. The molecule has 13 nitrogen and oxygen atoms in total. The number of nitrogens with one attached hydrogen (secondary N) is 1. The second-order valence-electron chi connectivity index (χ2n) is 8.55. The molecule has 1 unspecified atom stereocenters. The van der Waals surface area contributed by atoms with E-state index in [-0.39, 0.29) is 29.8 Å². The van der Waals surface area contributed by atoms with Gasteiger partial charge in [-0.3, -0.25) is 0 Å². The van der Waals surface area contributed by atoms with E-state index in [9.17, 15) is 54.8 Å². The highest BCUT2D eigenvalue weighted by Gasteiger charge is 2.41. The third-order valence-electron chi connectivity index (χ3n) is 6.12. The van der Waals surface area contributed by atoms with Gasteiger partial charge in [0.2, 0.25) is 11.5 Å². The number of carbonyl (C=O) groups is 2. The number of phenolic OH excluding ortho intramolecular Hbond substituents is 7. The lowest BCUT2D eigenvalue weighted by molar-refractivity contribution is 0.0684. The van der Waals surface area contributed by atoms with E-state index < -0.39 is 87.0 Å². The summed E-state index contributed by atoms with van der Waals surface area (Å²) < 4.78 is 25.6. The molecule has 39 heavy (non-hydrogen) atoms. The van der Waals surface area contributed by atoms with Crippen LogP contribution in [-0.4, -0.2) is 59.5 Å². The van der Waals surface area contributed by atoms with Gasteiger partial charge in [0.05, 0.1) is 0 Å². The molecule has 1 heterocycles. The van der Waals surface area contributed by atoms with Crippen LogP contribution in [0.5, 0.6) is 51.7 Å². The van der Waals surface area contributed by atoms with Gasteiger partial charge in [-0.05, 0) is 25.5 Å². The van der Waals surface area contributed by atoms with Crippen molar-refractivity contribution in [3.05, 3.63) is 52.3 Å². The van der Waals surface area contributed by atoms with Crippen LogP contribution in [0.3, 0.4) is 0 Å². The van der Waals surface area contributed by atoms with Crippen LogP contribution in [-0.2, 0) is 6.42 Å². The number of ether oxygens (including phenoxy) is 2. The van der Waals surface area contributed by atoms with Gasteiger partial charge in [-0.1, -0.05) is 0 Å². The van der Waals surface area contributed by atoms with Gasteiger partial charge in [-0.25, -0.2) is 14.0 Å². The van der Waals surface area contributed by atoms with Crippen molar-refractivity contribution >= 4 is 12.1 Å². The van der Waals surface area contributed by atoms with Gasteiger partial charge in [0.25, 0.3) is 0 Å². The van der Waals surface area contributed by atoms with Crippen LogP contribution in [0.1, 0.15) is 46.0 Å². The SMILES string of the molecule is CCNC(=O)Oc1c(O)cc([C@@H]2Oc3cc(O)cc(O)c3CC2c2c(O)c(O)c(O)c(F)c2C(=O)O)cc1O. The number of amides is 1. The van der Waals surface area contributed by atoms with Crippen molar-refractivity contribution in [2.75, 3.05) is 6.54 Å². The Morgan fingerprint density at radius 3 is 2.21 bits per heavy atom. The molecule has 2 atom stereocenters. The fourth-order valence-corrected chi connectivity index (χ4v) is 4.46. The average Bonchev–Trinajstić information content (AvgIpc) is 2.86. The van der Waals surface area contributed by atoms with Gasteiger partial charge < -0.3 is 55.6 Å². The van der Waals surface area contributed by atoms with Crippen LogP contribution >= 0.6 is 0 Å². The van der Waals surface area contributed by atoms with Crippen LogP contribution < -0.4 is 14.8 Å². The van der Waals surface area contributed by atoms with E-state index in [1.807, 2.05) is 0 Å². The van der Waals surface area contributed by atoms with Gasteiger partial charge in [-0.15, -0.1) is 0 Å². The summed E-state index contributed by atoms with van der Waals surface area (Å²) in [7, 11) is 0. The number of carboxylic acids is 1. The number of carboxylic acid groups (broad SMARTS) is 1. The number of rotatable bonds is 5. The molecule has 3 aromatic carbocycles. The van der Waals surface area contributed by atoms with Crippen molar-refractivity contribution in [2.24, 2.45) is 0 Å². The monoisotopic (exact) mass is 547 g/mol. The molecule has 3 aromatic rings. The van der Waals surface area contributed by atoms with Crippen LogP contribution in [0.2, 0.25) is 0 Å². The van der Waals surface area contributed by atoms with Crippen LogP contribution in [0.15, 0.2) is 24.3 Å². The molecule has 1 aliphatic rings. The molecule has 0 saturated heterocycles. The van der Waals surface area contributed by atoms with Crippen molar-refractivity contribution in [2.45, 2.75) is 25.4 Å². The summed E-state index contributed by atoms with van der Waals surface area (Å²) in [5.41, 5.74) is -2.06. The molecule has 9 N–H and O–H groups in total. The molecule has 0 radical (unpaired) electrons. The number of aromatic hydroxyl groups is 7. The number of hydrogen-bond acceptors (Lipinski definition) is 11. The minimum Gasteiger partial charge on any atom is -0.508 e. The zero-order chi connectivity index (χ0) is 28.8. The first kappa shape index (κ1) is 26.8. The van der Waals surface area contributed by atoms with Gasteiger partial charge in [0.15, 0.2) is 28.8 Å². The first-order valence-corrected chi connectivity index (χ1v) is 11.3. The fourth-order valence-electron chi connectivity index (χ4n) is 4.46. The number of fused-ring (bicyclic) bond motifs is 1. The molecule has 0 saturated carbocycles. The van der Waals surface area contributed by atoms with Crippen LogP contribution in [0.25, 0.3) is 0 Å². The van der Waals surface area contributed by atoms with Gasteiger partial charge in [0.1, 0.15) is 28.9 Å². The predicted molar refractivity (Wildman–Crippen MR) is 127 cm³/mol. The molecule has 206 valence electrons. The molecular weight excluding hydrogens is 525 g/mol. The topological polar surface area (TPSA) is 226 Å². The summed E-state index contributed by atoms with van der Waals surface area (Å²) >= 11 is 0. The van der Waals surface area contributed by atoms with E-state index in [1.54, 1.807) is 6.92 Å². The molecule has 1 amide bonds. The Labute approximate surface area is 218 Å². The maximum atomic E-state index is 14.9. The quantitative estimate of drug-likeness (QED) is 0.210. The number of carbonyl (C=O) groups excluding carboxylic acids is 1. The molecule has 0 aromatic heterocycles. The van der Waals surface area contributed by atoms with Crippen molar-refractivity contribution in [1.29, 1.82) is 0 Å². The summed E-state index contributed by atoms with van der Waals surface area (Å²) in [4.78, 5) is 23.8. The summed E-state index contributed by atoms with van der Waals surface area (Å²) in [6.07, 6.45) is -2.86. The number of aromatic carboxylic acids is 1. The highest BCUT2D eigenvalue weighted by atomic mass is 19.1. The third-order valence-corrected chi connectivity index (χ3v) is 6.12. The van der Waals surface area contributed by atoms with Crippen molar-refractivity contribution < 1.29 is 64.3 Å². The number of phenols is 7. The van der Waals surface area contributed by atoms with Crippen molar-refractivity contribution in [3.63, 3.8) is 0 Å². The Kier molecular flexibility index (Phi) is 6.79. The summed E-state index contributed by atoms with van der Waals surface area (Å²) in [6, 6.07) is 4.02. The van der Waals surface area contributed by atoms with E-state index in [4.69, 9.17) is 9.47 Å². The minimum atomic E-state index is -1.93. The van der Waals surface area contributed by atoms with Crippen molar-refractivity contribution in [1.82, 2.24) is 5.32 Å². The Balaban J connectivity index is 1.95. The smallest absolute Gasteiger partial charge is 0.412 e. The van der Waals surface area contributed by atoms with Gasteiger partial charge in [0, 0.05) is 41.3 Å². The minimum absolute atomic E-state index is 0.00222. The van der Waals surface area contributed by atoms with E-state index in [0.717, 1.165) is 24.3 Å². The maximum absolute atomic E-state index is 14.9. The lowest BCUT2D eigenvalue weighted by Crippen LogP contribution is -2.27. The van der Waals surface area contributed by atoms with E-state index >= 15 is 0 Å². The Bertz CT molecular complexity index is 1480. The molecular formula is C25H22FNO12. The molecule has 0 bridgehead atoms. The molecule has 14 heteroatoms. The Morgan fingerprint density at radius 1 is 0.974 bits per heavy atom. The normalized spacial score (nSPS) is 16.2. The summed E-state index contributed by atoms with van der Waals surface area (Å²) in [5, 5.41) is 83.9. The van der Waals surface area contributed by atoms with Crippen LogP contribution in [0.4, 0.5) is 9.18 Å². The van der Waals surface area contributed by atoms with Crippen molar-refractivity contribution in [3.8, 4) is 51.7 Å². The first-order chi connectivity index (χ1) is 18.3. The highest BCUT2D eigenvalue weighted by molar-refractivity contribution is 5.92. The fraction of sp³-hybridized carbons (Fsp3) is 0.200. The summed E-state index contributed by atoms with van der Waals surface area (Å²) in [5.74, 6) is -12.4. The molecule has 0 fully saturated rings. The molecule has 0 aliphatic carbocycles. The maximum Gasteiger partial charge on any atom is 0.412 e. The predicted octanol–water partition coefficient (Wildman–Crippen LogP) is 3.03. The summed E-state index contributed by atoms with van der Waals surface area (Å²) in [6.45, 7) is 1.78. The number of halogens is 1. The van der Waals surface area contributed by atoms with E-state index in [2.05, 4.69) is 5.32 Å². The standard InChI is InChI=1S/C25H22FNO12/c1-2-27-25(37)39-23-13(30)3-8(4-14(23)31)22-11(7-10-12(29)5-9(28)6-15(10)38-22)16-17(24(35)36)18(26)20(33)21(34)19(16)32/h3-6,11,22,28-34H,2,7H2,1H3,(H,27,37)(H,35,36)/t11?,22-/m0/s1. The van der Waals surface area contributed by atoms with Gasteiger partial charge >= 0.3 is 12.1 Å². The van der Waals surface area contributed by atoms with Crippen LogP contribution in [0, 0.1) is 5.82 Å². The zero-order valence-corrected chi connectivity index (χ0v) is 20.0. The average molecular weight is 547 g/mol. The third kappa shape index (κ3) is 4.63. The van der Waals surface area contributed by atoms with Gasteiger partial charge in [-0.2, -0.15) is 0 Å². The van der Waals surface area contributed by atoms with E-state index in [0.29, 0.717) is 0 Å². The number of benzene rings is 3. The van der Waals surface area contributed by atoms with E-state index in [1.165, 1.54) is 0 Å². The molecule has 0 spiro atoms. The first-order valence-electron chi connectivity index (χ1n) is 11.3. The largest absolute Gasteiger partial charge is 0.508 e. The Morgan fingerprint density at radius 2 is 1.62 bits per heavy atom.